The normalized spacial score (nSPS) is 15.0. The number of piperidine rings is 1. The maximum Gasteiger partial charge on any atom is 0.227 e. The number of carbonyl (C=O) groups is 1. The third-order valence-electron chi connectivity index (χ3n) is 7.16. The molecule has 1 aromatic heterocycles. The summed E-state index contributed by atoms with van der Waals surface area (Å²) in [5.41, 5.74) is 5.51. The van der Waals surface area contributed by atoms with E-state index in [1.54, 1.807) is 0 Å². The number of nitrogens with zero attached hydrogens (tertiary/aromatic N) is 3. The molecular formula is C30H33ClN4O. The summed E-state index contributed by atoms with van der Waals surface area (Å²) in [7, 11) is 0. The van der Waals surface area contributed by atoms with Crippen LogP contribution >= 0.6 is 11.6 Å². The molecule has 1 aliphatic heterocycles. The van der Waals surface area contributed by atoms with Crippen LogP contribution in [0.5, 0.6) is 0 Å². The highest BCUT2D eigenvalue weighted by molar-refractivity contribution is 6.30. The highest BCUT2D eigenvalue weighted by Gasteiger charge is 2.26. The van der Waals surface area contributed by atoms with Crippen molar-refractivity contribution in [3.63, 3.8) is 0 Å². The van der Waals surface area contributed by atoms with Crippen molar-refractivity contribution in [1.82, 2.24) is 14.5 Å². The van der Waals surface area contributed by atoms with E-state index in [0.29, 0.717) is 5.92 Å². The Labute approximate surface area is 218 Å². The lowest BCUT2D eigenvalue weighted by Crippen LogP contribution is -2.38. The van der Waals surface area contributed by atoms with E-state index in [1.807, 2.05) is 30.3 Å². The summed E-state index contributed by atoms with van der Waals surface area (Å²) in [6.07, 6.45) is 1.71. The first kappa shape index (κ1) is 24.5. The molecule has 186 valence electrons. The average Bonchev–Trinajstić information content (AvgIpc) is 3.22. The summed E-state index contributed by atoms with van der Waals surface area (Å²) in [6, 6.07) is 24.5. The molecule has 5 rings (SSSR count). The number of para-hydroxylation sites is 2. The van der Waals surface area contributed by atoms with Gasteiger partial charge in [-0.05, 0) is 79.4 Å². The summed E-state index contributed by atoms with van der Waals surface area (Å²) in [6.45, 7) is 7.64. The van der Waals surface area contributed by atoms with Gasteiger partial charge in [0.1, 0.15) is 5.82 Å². The molecule has 1 saturated heterocycles. The summed E-state index contributed by atoms with van der Waals surface area (Å²) < 4.78 is 2.30. The summed E-state index contributed by atoms with van der Waals surface area (Å²) >= 11 is 6.09. The molecule has 0 unspecified atom stereocenters. The zero-order valence-corrected chi connectivity index (χ0v) is 21.7. The van der Waals surface area contributed by atoms with Crippen LogP contribution in [0, 0.1) is 5.92 Å². The highest BCUT2D eigenvalue weighted by atomic mass is 35.5. The summed E-state index contributed by atoms with van der Waals surface area (Å²) in [5, 5.41) is 3.86. The number of rotatable bonds is 7. The molecule has 2 heterocycles. The molecule has 36 heavy (non-hydrogen) atoms. The SMILES string of the molecule is CC(C)c1ccc(NC(=O)C2CCN(Cc3nc4ccccc4n3Cc3ccc(Cl)cc3)CC2)cc1. The zero-order valence-electron chi connectivity index (χ0n) is 21.0. The Morgan fingerprint density at radius 3 is 2.36 bits per heavy atom. The van der Waals surface area contributed by atoms with Crippen molar-refractivity contribution in [2.24, 2.45) is 5.92 Å². The topological polar surface area (TPSA) is 50.2 Å². The molecule has 1 fully saturated rings. The number of benzene rings is 3. The van der Waals surface area contributed by atoms with E-state index in [9.17, 15) is 4.79 Å². The quantitative estimate of drug-likeness (QED) is 0.306. The molecule has 1 aliphatic rings. The van der Waals surface area contributed by atoms with Gasteiger partial charge in [-0.1, -0.05) is 61.8 Å². The second kappa shape index (κ2) is 10.9. The molecule has 3 aromatic carbocycles. The van der Waals surface area contributed by atoms with E-state index in [2.05, 4.69) is 71.1 Å². The van der Waals surface area contributed by atoms with E-state index in [-0.39, 0.29) is 11.8 Å². The molecule has 0 atom stereocenters. The third kappa shape index (κ3) is 5.63. The van der Waals surface area contributed by atoms with Crippen LogP contribution in [-0.4, -0.2) is 33.4 Å². The minimum atomic E-state index is 0.0407. The Balaban J connectivity index is 1.23. The van der Waals surface area contributed by atoms with Gasteiger partial charge >= 0.3 is 0 Å². The molecule has 4 aromatic rings. The largest absolute Gasteiger partial charge is 0.326 e. The predicted octanol–water partition coefficient (Wildman–Crippen LogP) is 6.71. The Bertz CT molecular complexity index is 1320. The smallest absolute Gasteiger partial charge is 0.227 e. The molecule has 0 radical (unpaired) electrons. The van der Waals surface area contributed by atoms with Crippen LogP contribution in [0.4, 0.5) is 5.69 Å². The number of hydrogen-bond acceptors (Lipinski definition) is 3. The van der Waals surface area contributed by atoms with Gasteiger partial charge in [-0.2, -0.15) is 0 Å². The number of nitrogens with one attached hydrogen (secondary N) is 1. The van der Waals surface area contributed by atoms with Crippen LogP contribution in [0.15, 0.2) is 72.8 Å². The average molecular weight is 501 g/mol. The maximum absolute atomic E-state index is 12.9. The number of hydrogen-bond donors (Lipinski definition) is 1. The Morgan fingerprint density at radius 1 is 0.972 bits per heavy atom. The lowest BCUT2D eigenvalue weighted by atomic mass is 9.95. The monoisotopic (exact) mass is 500 g/mol. The van der Waals surface area contributed by atoms with Crippen molar-refractivity contribution in [3.05, 3.63) is 94.8 Å². The Hall–Kier alpha value is -3.15. The molecule has 6 heteroatoms. The van der Waals surface area contributed by atoms with Crippen LogP contribution in [0.25, 0.3) is 11.0 Å². The number of likely N-dealkylation sites (tertiary alicyclic amines) is 1. The fourth-order valence-corrected chi connectivity index (χ4v) is 5.07. The van der Waals surface area contributed by atoms with E-state index in [4.69, 9.17) is 16.6 Å². The van der Waals surface area contributed by atoms with E-state index < -0.39 is 0 Å². The fraction of sp³-hybridized carbons (Fsp3) is 0.333. The van der Waals surface area contributed by atoms with Crippen molar-refractivity contribution in [2.45, 2.75) is 45.7 Å². The van der Waals surface area contributed by atoms with Crippen LogP contribution in [0.3, 0.4) is 0 Å². The van der Waals surface area contributed by atoms with Gasteiger partial charge in [0.25, 0.3) is 0 Å². The van der Waals surface area contributed by atoms with Gasteiger partial charge < -0.3 is 9.88 Å². The molecule has 1 amide bonds. The number of imidazole rings is 1. The van der Waals surface area contributed by atoms with E-state index in [1.165, 1.54) is 11.1 Å². The molecule has 0 spiro atoms. The van der Waals surface area contributed by atoms with Crippen molar-refractivity contribution in [3.8, 4) is 0 Å². The highest BCUT2D eigenvalue weighted by Crippen LogP contribution is 2.24. The van der Waals surface area contributed by atoms with Crippen LogP contribution in [0.2, 0.25) is 5.02 Å². The molecular weight excluding hydrogens is 468 g/mol. The van der Waals surface area contributed by atoms with Crippen molar-refractivity contribution in [2.75, 3.05) is 18.4 Å². The second-order valence-electron chi connectivity index (χ2n) is 10.0. The summed E-state index contributed by atoms with van der Waals surface area (Å²) in [4.78, 5) is 20.3. The van der Waals surface area contributed by atoms with E-state index in [0.717, 1.165) is 66.6 Å². The number of anilines is 1. The molecule has 0 aliphatic carbocycles. The van der Waals surface area contributed by atoms with Gasteiger partial charge in [0, 0.05) is 23.2 Å². The maximum atomic E-state index is 12.9. The first-order chi connectivity index (χ1) is 17.5. The minimum Gasteiger partial charge on any atom is -0.326 e. The second-order valence-corrected chi connectivity index (χ2v) is 10.5. The standard InChI is InChI=1S/C30H33ClN4O/c1-21(2)23-9-13-26(14-10-23)32-30(36)24-15-17-34(18-16-24)20-29-33-27-5-3-4-6-28(27)35(29)19-22-7-11-25(31)12-8-22/h3-14,21,24H,15-20H2,1-2H3,(H,32,36). The third-order valence-corrected chi connectivity index (χ3v) is 7.41. The van der Waals surface area contributed by atoms with Crippen molar-refractivity contribution in [1.29, 1.82) is 0 Å². The molecule has 0 saturated carbocycles. The number of fused-ring (bicyclic) bond motifs is 1. The fourth-order valence-electron chi connectivity index (χ4n) is 4.94. The summed E-state index contributed by atoms with van der Waals surface area (Å²) in [5.74, 6) is 1.71. The molecule has 0 bridgehead atoms. The van der Waals surface area contributed by atoms with Gasteiger partial charge in [-0.15, -0.1) is 0 Å². The first-order valence-corrected chi connectivity index (χ1v) is 13.2. The Morgan fingerprint density at radius 2 is 1.67 bits per heavy atom. The number of carbonyl (C=O) groups excluding carboxylic acids is 1. The zero-order chi connectivity index (χ0) is 25.1. The predicted molar refractivity (Wildman–Crippen MR) is 147 cm³/mol. The number of halogens is 1. The van der Waals surface area contributed by atoms with Crippen LogP contribution < -0.4 is 5.32 Å². The van der Waals surface area contributed by atoms with Gasteiger partial charge in [0.2, 0.25) is 5.91 Å². The van der Waals surface area contributed by atoms with E-state index >= 15 is 0 Å². The lowest BCUT2D eigenvalue weighted by Gasteiger charge is -2.31. The van der Waals surface area contributed by atoms with Crippen molar-refractivity contribution >= 4 is 34.2 Å². The van der Waals surface area contributed by atoms with Crippen LogP contribution in [-0.2, 0) is 17.9 Å². The molecule has 1 N–H and O–H groups in total. The van der Waals surface area contributed by atoms with Gasteiger partial charge in [0.15, 0.2) is 0 Å². The van der Waals surface area contributed by atoms with Gasteiger partial charge in [0.05, 0.1) is 17.6 Å². The Kier molecular flexibility index (Phi) is 7.40. The van der Waals surface area contributed by atoms with Gasteiger partial charge in [-0.25, -0.2) is 4.98 Å². The lowest BCUT2D eigenvalue weighted by molar-refractivity contribution is -0.121. The minimum absolute atomic E-state index is 0.0407. The number of amides is 1. The number of aromatic nitrogens is 2. The van der Waals surface area contributed by atoms with Crippen molar-refractivity contribution < 1.29 is 4.79 Å². The first-order valence-electron chi connectivity index (χ1n) is 12.8. The molecule has 5 nitrogen and oxygen atoms in total. The van der Waals surface area contributed by atoms with Gasteiger partial charge in [-0.3, -0.25) is 9.69 Å². The van der Waals surface area contributed by atoms with Crippen LogP contribution in [0.1, 0.15) is 49.6 Å².